The molecule has 18 heavy (non-hydrogen) atoms. The maximum absolute atomic E-state index is 12.2. The summed E-state index contributed by atoms with van der Waals surface area (Å²) < 4.78 is 5.69. The van der Waals surface area contributed by atoms with Gasteiger partial charge in [0, 0.05) is 20.0 Å². The number of hydrogen-bond donors (Lipinski definition) is 1. The van der Waals surface area contributed by atoms with Crippen molar-refractivity contribution in [3.05, 3.63) is 29.8 Å². The molecule has 0 spiro atoms. The standard InChI is InChI=1S/C14H20N2O2/c1-15-8-5-9-16(2)14(17)13-10-11-6-3-4-7-12(11)18-13/h3-4,6-7,13,15H,5,8-10H2,1-2H3. The summed E-state index contributed by atoms with van der Waals surface area (Å²) in [5.74, 6) is 0.918. The maximum atomic E-state index is 12.2. The molecule has 2 rings (SSSR count). The van der Waals surface area contributed by atoms with Gasteiger partial charge in [-0.15, -0.1) is 0 Å². The molecule has 1 aliphatic rings. The minimum Gasteiger partial charge on any atom is -0.480 e. The molecule has 0 saturated carbocycles. The first-order chi connectivity index (χ1) is 8.72. The van der Waals surface area contributed by atoms with Gasteiger partial charge in [-0.25, -0.2) is 0 Å². The summed E-state index contributed by atoms with van der Waals surface area (Å²) in [6, 6.07) is 7.85. The molecule has 1 amide bonds. The predicted molar refractivity (Wildman–Crippen MR) is 70.7 cm³/mol. The van der Waals surface area contributed by atoms with Crippen LogP contribution in [0.3, 0.4) is 0 Å². The lowest BCUT2D eigenvalue weighted by atomic mass is 10.1. The van der Waals surface area contributed by atoms with Crippen LogP contribution in [0.2, 0.25) is 0 Å². The van der Waals surface area contributed by atoms with Crippen LogP contribution in [0.15, 0.2) is 24.3 Å². The Hall–Kier alpha value is -1.55. The van der Waals surface area contributed by atoms with Crippen LogP contribution in [0, 0.1) is 0 Å². The van der Waals surface area contributed by atoms with E-state index in [1.54, 1.807) is 4.90 Å². The van der Waals surface area contributed by atoms with Gasteiger partial charge in [0.1, 0.15) is 5.75 Å². The van der Waals surface area contributed by atoms with Crippen LogP contribution in [0.4, 0.5) is 0 Å². The average Bonchev–Trinajstić information content (AvgIpc) is 2.81. The average molecular weight is 248 g/mol. The molecule has 1 unspecified atom stereocenters. The van der Waals surface area contributed by atoms with Crippen LogP contribution in [0.5, 0.6) is 5.75 Å². The zero-order valence-electron chi connectivity index (χ0n) is 11.0. The van der Waals surface area contributed by atoms with Crippen LogP contribution in [-0.4, -0.2) is 44.1 Å². The second-order valence-electron chi connectivity index (χ2n) is 4.64. The zero-order chi connectivity index (χ0) is 13.0. The lowest BCUT2D eigenvalue weighted by Crippen LogP contribution is -2.39. The van der Waals surface area contributed by atoms with Gasteiger partial charge in [-0.1, -0.05) is 18.2 Å². The first kappa shape index (κ1) is 12.9. The Morgan fingerprint density at radius 3 is 3.00 bits per heavy atom. The molecule has 1 atom stereocenters. The van der Waals surface area contributed by atoms with Crippen molar-refractivity contribution in [2.75, 3.05) is 27.2 Å². The first-order valence-corrected chi connectivity index (χ1v) is 6.36. The van der Waals surface area contributed by atoms with E-state index in [-0.39, 0.29) is 12.0 Å². The van der Waals surface area contributed by atoms with E-state index in [9.17, 15) is 4.79 Å². The molecule has 0 aliphatic carbocycles. The SMILES string of the molecule is CNCCCN(C)C(=O)C1Cc2ccccc2O1. The Morgan fingerprint density at radius 2 is 2.28 bits per heavy atom. The molecular formula is C14H20N2O2. The van der Waals surface area contributed by atoms with Gasteiger partial charge < -0.3 is 15.0 Å². The molecule has 0 saturated heterocycles. The van der Waals surface area contributed by atoms with Crippen molar-refractivity contribution in [1.82, 2.24) is 10.2 Å². The highest BCUT2D eigenvalue weighted by Gasteiger charge is 2.30. The van der Waals surface area contributed by atoms with Crippen molar-refractivity contribution in [3.8, 4) is 5.75 Å². The number of likely N-dealkylation sites (N-methyl/N-ethyl adjacent to an activating group) is 1. The molecule has 0 bridgehead atoms. The molecule has 1 heterocycles. The number of benzene rings is 1. The van der Waals surface area contributed by atoms with E-state index in [0.717, 1.165) is 30.8 Å². The fourth-order valence-electron chi connectivity index (χ4n) is 2.17. The molecule has 4 nitrogen and oxygen atoms in total. The highest BCUT2D eigenvalue weighted by atomic mass is 16.5. The predicted octanol–water partition coefficient (Wildman–Crippen LogP) is 1.06. The summed E-state index contributed by atoms with van der Waals surface area (Å²) in [5, 5.41) is 3.08. The van der Waals surface area contributed by atoms with E-state index in [1.165, 1.54) is 0 Å². The number of nitrogens with one attached hydrogen (secondary N) is 1. The molecule has 1 aliphatic heterocycles. The number of ether oxygens (including phenoxy) is 1. The van der Waals surface area contributed by atoms with Crippen molar-refractivity contribution < 1.29 is 9.53 Å². The molecule has 0 fully saturated rings. The van der Waals surface area contributed by atoms with Crippen molar-refractivity contribution in [1.29, 1.82) is 0 Å². The highest BCUT2D eigenvalue weighted by molar-refractivity contribution is 5.82. The Bertz CT molecular complexity index is 395. The monoisotopic (exact) mass is 248 g/mol. The van der Waals surface area contributed by atoms with Gasteiger partial charge >= 0.3 is 0 Å². The van der Waals surface area contributed by atoms with Gasteiger partial charge in [0.2, 0.25) is 0 Å². The van der Waals surface area contributed by atoms with Gasteiger partial charge in [-0.3, -0.25) is 4.79 Å². The van der Waals surface area contributed by atoms with Crippen molar-refractivity contribution in [2.24, 2.45) is 0 Å². The summed E-state index contributed by atoms with van der Waals surface area (Å²) in [4.78, 5) is 13.9. The van der Waals surface area contributed by atoms with E-state index in [2.05, 4.69) is 5.32 Å². The van der Waals surface area contributed by atoms with Crippen LogP contribution in [-0.2, 0) is 11.2 Å². The number of carbonyl (C=O) groups is 1. The third-order valence-electron chi connectivity index (χ3n) is 3.22. The summed E-state index contributed by atoms with van der Waals surface area (Å²) in [7, 11) is 3.75. The summed E-state index contributed by atoms with van der Waals surface area (Å²) in [6.45, 7) is 1.68. The van der Waals surface area contributed by atoms with E-state index in [0.29, 0.717) is 6.42 Å². The number of hydrogen-bond acceptors (Lipinski definition) is 3. The van der Waals surface area contributed by atoms with E-state index in [1.807, 2.05) is 38.4 Å². The highest BCUT2D eigenvalue weighted by Crippen LogP contribution is 2.28. The van der Waals surface area contributed by atoms with Gasteiger partial charge in [0.05, 0.1) is 0 Å². The third kappa shape index (κ3) is 2.82. The fraction of sp³-hybridized carbons (Fsp3) is 0.500. The van der Waals surface area contributed by atoms with Gasteiger partial charge in [0.15, 0.2) is 6.10 Å². The number of carbonyl (C=O) groups excluding carboxylic acids is 1. The summed E-state index contributed by atoms with van der Waals surface area (Å²) >= 11 is 0. The zero-order valence-corrected chi connectivity index (χ0v) is 11.0. The Kier molecular flexibility index (Phi) is 4.20. The lowest BCUT2D eigenvalue weighted by molar-refractivity contribution is -0.136. The Morgan fingerprint density at radius 1 is 1.50 bits per heavy atom. The number of amides is 1. The van der Waals surface area contributed by atoms with Gasteiger partial charge in [0.25, 0.3) is 5.91 Å². The largest absolute Gasteiger partial charge is 0.480 e. The topological polar surface area (TPSA) is 41.6 Å². The minimum absolute atomic E-state index is 0.0716. The second-order valence-corrected chi connectivity index (χ2v) is 4.64. The van der Waals surface area contributed by atoms with Crippen LogP contribution in [0.25, 0.3) is 0 Å². The summed E-state index contributed by atoms with van der Waals surface area (Å²) in [5.41, 5.74) is 1.12. The molecule has 1 aromatic carbocycles. The normalized spacial score (nSPS) is 17.1. The number of nitrogens with zero attached hydrogens (tertiary/aromatic N) is 1. The van der Waals surface area contributed by atoms with E-state index in [4.69, 9.17) is 4.74 Å². The number of para-hydroxylation sites is 1. The number of rotatable bonds is 5. The van der Waals surface area contributed by atoms with Crippen LogP contribution in [0.1, 0.15) is 12.0 Å². The Labute approximate surface area is 108 Å². The van der Waals surface area contributed by atoms with Crippen molar-refractivity contribution >= 4 is 5.91 Å². The molecule has 0 aromatic heterocycles. The fourth-order valence-corrected chi connectivity index (χ4v) is 2.17. The van der Waals surface area contributed by atoms with Crippen LogP contribution >= 0.6 is 0 Å². The number of fused-ring (bicyclic) bond motifs is 1. The minimum atomic E-state index is -0.345. The molecule has 1 N–H and O–H groups in total. The molecule has 98 valence electrons. The van der Waals surface area contributed by atoms with E-state index >= 15 is 0 Å². The smallest absolute Gasteiger partial charge is 0.263 e. The van der Waals surface area contributed by atoms with Gasteiger partial charge in [-0.05, 0) is 31.6 Å². The quantitative estimate of drug-likeness (QED) is 0.792. The van der Waals surface area contributed by atoms with Crippen molar-refractivity contribution in [2.45, 2.75) is 18.9 Å². The first-order valence-electron chi connectivity index (χ1n) is 6.36. The molecular weight excluding hydrogens is 228 g/mol. The van der Waals surface area contributed by atoms with E-state index < -0.39 is 0 Å². The lowest BCUT2D eigenvalue weighted by Gasteiger charge is -2.20. The maximum Gasteiger partial charge on any atom is 0.263 e. The molecule has 0 radical (unpaired) electrons. The third-order valence-corrected chi connectivity index (χ3v) is 3.22. The molecule has 4 heteroatoms. The van der Waals surface area contributed by atoms with Crippen molar-refractivity contribution in [3.63, 3.8) is 0 Å². The van der Waals surface area contributed by atoms with Gasteiger partial charge in [-0.2, -0.15) is 0 Å². The van der Waals surface area contributed by atoms with Crippen LogP contribution < -0.4 is 10.1 Å². The molecule has 1 aromatic rings. The second kappa shape index (κ2) is 5.87. The summed E-state index contributed by atoms with van der Waals surface area (Å²) in [6.07, 6.45) is 1.30. The Balaban J connectivity index is 1.88.